The van der Waals surface area contributed by atoms with E-state index in [1.54, 1.807) is 12.1 Å². The van der Waals surface area contributed by atoms with Crippen molar-refractivity contribution in [3.63, 3.8) is 0 Å². The molecule has 90 valence electrons. The second-order valence-electron chi connectivity index (χ2n) is 3.32. The second-order valence-corrected chi connectivity index (χ2v) is 3.32. The van der Waals surface area contributed by atoms with Crippen LogP contribution in [0.3, 0.4) is 0 Å². The Balaban J connectivity index is 0.00000225. The van der Waals surface area contributed by atoms with Crippen LogP contribution in [0.2, 0.25) is 0 Å². The minimum atomic E-state index is -0.441. The van der Waals surface area contributed by atoms with E-state index in [-0.39, 0.29) is 30.7 Å². The van der Waals surface area contributed by atoms with Crippen molar-refractivity contribution >= 4 is 18.1 Å². The van der Waals surface area contributed by atoms with E-state index in [0.717, 1.165) is 5.56 Å². The van der Waals surface area contributed by atoms with Gasteiger partial charge in [-0.1, -0.05) is 12.1 Å². The van der Waals surface area contributed by atoms with Crippen molar-refractivity contribution < 1.29 is 10.0 Å². The standard InChI is InChI=1S/C10H14N2O3.ClH/c11-10(2-1-7-13)8-3-5-9(6-4-8)12(14)15;/h3-6,10,13H,1-2,7,11H2;1H/t10-;/m0./s1. The summed E-state index contributed by atoms with van der Waals surface area (Å²) in [5.41, 5.74) is 6.74. The summed E-state index contributed by atoms with van der Waals surface area (Å²) in [6, 6.07) is 6.01. The lowest BCUT2D eigenvalue weighted by Gasteiger charge is -2.10. The average molecular weight is 247 g/mol. The zero-order valence-electron chi connectivity index (χ0n) is 8.70. The van der Waals surface area contributed by atoms with Crippen LogP contribution < -0.4 is 5.73 Å². The largest absolute Gasteiger partial charge is 0.396 e. The minimum Gasteiger partial charge on any atom is -0.396 e. The summed E-state index contributed by atoms with van der Waals surface area (Å²) in [5, 5.41) is 19.0. The van der Waals surface area contributed by atoms with Gasteiger partial charge in [0, 0.05) is 24.8 Å². The Morgan fingerprint density at radius 1 is 1.38 bits per heavy atom. The highest BCUT2D eigenvalue weighted by molar-refractivity contribution is 5.85. The Labute approximate surface area is 99.8 Å². The second kappa shape index (κ2) is 7.16. The van der Waals surface area contributed by atoms with E-state index in [9.17, 15) is 10.1 Å². The van der Waals surface area contributed by atoms with Gasteiger partial charge in [0.1, 0.15) is 0 Å². The molecule has 1 aromatic rings. The molecule has 0 aromatic heterocycles. The first-order valence-corrected chi connectivity index (χ1v) is 4.76. The van der Waals surface area contributed by atoms with Gasteiger partial charge < -0.3 is 10.8 Å². The highest BCUT2D eigenvalue weighted by Crippen LogP contribution is 2.19. The highest BCUT2D eigenvalue weighted by atomic mass is 35.5. The van der Waals surface area contributed by atoms with Crippen molar-refractivity contribution in [1.29, 1.82) is 0 Å². The maximum absolute atomic E-state index is 10.4. The number of nitro benzene ring substituents is 1. The van der Waals surface area contributed by atoms with Crippen LogP contribution in [-0.4, -0.2) is 16.6 Å². The number of benzene rings is 1. The van der Waals surface area contributed by atoms with E-state index >= 15 is 0 Å². The molecule has 1 atom stereocenters. The lowest BCUT2D eigenvalue weighted by molar-refractivity contribution is -0.384. The van der Waals surface area contributed by atoms with E-state index in [0.29, 0.717) is 12.8 Å². The van der Waals surface area contributed by atoms with E-state index in [4.69, 9.17) is 10.8 Å². The van der Waals surface area contributed by atoms with Crippen molar-refractivity contribution in [2.75, 3.05) is 6.61 Å². The third-order valence-electron chi connectivity index (χ3n) is 2.21. The number of halogens is 1. The number of rotatable bonds is 5. The molecule has 0 bridgehead atoms. The number of nitrogens with two attached hydrogens (primary N) is 1. The molecule has 0 radical (unpaired) electrons. The zero-order chi connectivity index (χ0) is 11.3. The van der Waals surface area contributed by atoms with Crippen LogP contribution in [0.15, 0.2) is 24.3 Å². The van der Waals surface area contributed by atoms with Crippen molar-refractivity contribution in [1.82, 2.24) is 0 Å². The number of nitro groups is 1. The first-order chi connectivity index (χ1) is 7.15. The van der Waals surface area contributed by atoms with Gasteiger partial charge >= 0.3 is 0 Å². The molecule has 0 saturated carbocycles. The fourth-order valence-corrected chi connectivity index (χ4v) is 1.32. The van der Waals surface area contributed by atoms with Gasteiger partial charge in [0.2, 0.25) is 0 Å². The van der Waals surface area contributed by atoms with Crippen LogP contribution in [0.4, 0.5) is 5.69 Å². The number of aliphatic hydroxyl groups excluding tert-OH is 1. The lowest BCUT2D eigenvalue weighted by Crippen LogP contribution is -2.10. The molecule has 6 heteroatoms. The van der Waals surface area contributed by atoms with Crippen LogP contribution in [0, 0.1) is 10.1 Å². The molecule has 0 aliphatic rings. The number of hydrogen-bond donors (Lipinski definition) is 2. The summed E-state index contributed by atoms with van der Waals surface area (Å²) in [5.74, 6) is 0. The molecule has 3 N–H and O–H groups in total. The molecule has 1 aromatic carbocycles. The summed E-state index contributed by atoms with van der Waals surface area (Å²) >= 11 is 0. The van der Waals surface area contributed by atoms with Gasteiger partial charge in [0.15, 0.2) is 0 Å². The average Bonchev–Trinajstić information content (AvgIpc) is 2.26. The SMILES string of the molecule is Cl.N[C@@H](CCCO)c1ccc([N+](=O)[O-])cc1. The number of nitrogens with zero attached hydrogens (tertiary/aromatic N) is 1. The summed E-state index contributed by atoms with van der Waals surface area (Å²) < 4.78 is 0. The molecule has 1 rings (SSSR count). The maximum atomic E-state index is 10.4. The van der Waals surface area contributed by atoms with Crippen LogP contribution in [0.25, 0.3) is 0 Å². The summed E-state index contributed by atoms with van der Waals surface area (Å²) in [6.07, 6.45) is 1.31. The molecule has 0 amide bonds. The third-order valence-corrected chi connectivity index (χ3v) is 2.21. The first kappa shape index (κ1) is 14.8. The molecule has 0 heterocycles. The lowest BCUT2D eigenvalue weighted by atomic mass is 10.0. The predicted molar refractivity (Wildman–Crippen MR) is 63.6 cm³/mol. The number of non-ortho nitro benzene ring substituents is 1. The van der Waals surface area contributed by atoms with Gasteiger partial charge in [-0.05, 0) is 18.4 Å². The normalized spacial score (nSPS) is 11.6. The molecule has 0 aliphatic carbocycles. The molecular formula is C10H15ClN2O3. The first-order valence-electron chi connectivity index (χ1n) is 4.76. The summed E-state index contributed by atoms with van der Waals surface area (Å²) in [7, 11) is 0. The number of aliphatic hydroxyl groups is 1. The molecule has 0 spiro atoms. The van der Waals surface area contributed by atoms with Crippen LogP contribution in [0.1, 0.15) is 24.4 Å². The van der Waals surface area contributed by atoms with Crippen LogP contribution in [0.5, 0.6) is 0 Å². The van der Waals surface area contributed by atoms with Crippen molar-refractivity contribution in [2.24, 2.45) is 5.73 Å². The Kier molecular flexibility index (Phi) is 6.64. The number of hydrogen-bond acceptors (Lipinski definition) is 4. The molecule has 0 unspecified atom stereocenters. The van der Waals surface area contributed by atoms with Gasteiger partial charge in [-0.2, -0.15) is 0 Å². The molecule has 5 nitrogen and oxygen atoms in total. The van der Waals surface area contributed by atoms with Crippen molar-refractivity contribution in [2.45, 2.75) is 18.9 Å². The maximum Gasteiger partial charge on any atom is 0.269 e. The molecule has 0 fully saturated rings. The smallest absolute Gasteiger partial charge is 0.269 e. The fourth-order valence-electron chi connectivity index (χ4n) is 1.32. The molecule has 16 heavy (non-hydrogen) atoms. The Morgan fingerprint density at radius 2 is 1.94 bits per heavy atom. The quantitative estimate of drug-likeness (QED) is 0.612. The Bertz CT molecular complexity index is 329. The van der Waals surface area contributed by atoms with Gasteiger partial charge in [-0.3, -0.25) is 10.1 Å². The Morgan fingerprint density at radius 3 is 2.38 bits per heavy atom. The van der Waals surface area contributed by atoms with E-state index < -0.39 is 4.92 Å². The predicted octanol–water partition coefficient (Wildman–Crippen LogP) is 1.79. The molecule has 0 aliphatic heterocycles. The summed E-state index contributed by atoms with van der Waals surface area (Å²) in [6.45, 7) is 0.112. The topological polar surface area (TPSA) is 89.4 Å². The van der Waals surface area contributed by atoms with Gasteiger partial charge in [-0.25, -0.2) is 0 Å². The van der Waals surface area contributed by atoms with E-state index in [2.05, 4.69) is 0 Å². The van der Waals surface area contributed by atoms with Crippen LogP contribution in [-0.2, 0) is 0 Å². The van der Waals surface area contributed by atoms with Crippen molar-refractivity contribution in [3.05, 3.63) is 39.9 Å². The third kappa shape index (κ3) is 4.14. The van der Waals surface area contributed by atoms with Gasteiger partial charge in [-0.15, -0.1) is 12.4 Å². The molecular weight excluding hydrogens is 232 g/mol. The minimum absolute atomic E-state index is 0. The van der Waals surface area contributed by atoms with Crippen molar-refractivity contribution in [3.8, 4) is 0 Å². The molecule has 0 saturated heterocycles. The summed E-state index contributed by atoms with van der Waals surface area (Å²) in [4.78, 5) is 9.95. The van der Waals surface area contributed by atoms with E-state index in [1.807, 2.05) is 0 Å². The van der Waals surface area contributed by atoms with E-state index in [1.165, 1.54) is 12.1 Å². The monoisotopic (exact) mass is 246 g/mol. The zero-order valence-corrected chi connectivity index (χ0v) is 9.52. The fraction of sp³-hybridized carbons (Fsp3) is 0.400. The van der Waals surface area contributed by atoms with Gasteiger partial charge in [0.25, 0.3) is 5.69 Å². The Hall–Kier alpha value is -1.17. The highest BCUT2D eigenvalue weighted by Gasteiger charge is 2.08. The van der Waals surface area contributed by atoms with Crippen LogP contribution >= 0.6 is 12.4 Å². The van der Waals surface area contributed by atoms with Gasteiger partial charge in [0.05, 0.1) is 4.92 Å².